The molecule has 4 amide bonds. The Hall–Kier alpha value is -7.32. The predicted octanol–water partition coefficient (Wildman–Crippen LogP) is 9.80. The maximum Gasteiger partial charge on any atom is 0.266 e. The first-order valence-electron chi connectivity index (χ1n) is 18.1. The van der Waals surface area contributed by atoms with E-state index in [1.165, 1.54) is 7.05 Å². The SMILES string of the molecule is C=Cc1ccc(COc2cc(-c3ccc(N4C(=O)c5ccc(-c6ccc7c(c6)C(=O)N(C)C7=O)cc5C4=O)c(OCc4ccc(C=C)cc4)c3)ccc2C)cc1. The van der Waals surface area contributed by atoms with Gasteiger partial charge in [0, 0.05) is 7.05 Å². The van der Waals surface area contributed by atoms with Crippen molar-refractivity contribution in [1.29, 1.82) is 0 Å². The number of amides is 4. The lowest BCUT2D eigenvalue weighted by atomic mass is 9.97. The monoisotopic (exact) mass is 736 g/mol. The van der Waals surface area contributed by atoms with Gasteiger partial charge in [0.2, 0.25) is 0 Å². The summed E-state index contributed by atoms with van der Waals surface area (Å²) in [5.74, 6) is -0.649. The summed E-state index contributed by atoms with van der Waals surface area (Å²) in [6.07, 6.45) is 3.57. The topological polar surface area (TPSA) is 93.2 Å². The number of benzene rings is 6. The lowest BCUT2D eigenvalue weighted by Gasteiger charge is -2.20. The molecule has 0 spiro atoms. The van der Waals surface area contributed by atoms with E-state index < -0.39 is 11.8 Å². The van der Waals surface area contributed by atoms with Crippen LogP contribution in [0.4, 0.5) is 5.69 Å². The van der Waals surface area contributed by atoms with E-state index in [9.17, 15) is 19.2 Å². The Morgan fingerprint density at radius 1 is 0.500 bits per heavy atom. The van der Waals surface area contributed by atoms with Crippen LogP contribution in [0.25, 0.3) is 34.4 Å². The maximum absolute atomic E-state index is 14.2. The van der Waals surface area contributed by atoms with Gasteiger partial charge in [0.05, 0.1) is 27.9 Å². The molecule has 8 nitrogen and oxygen atoms in total. The average Bonchev–Trinajstić information content (AvgIpc) is 3.61. The van der Waals surface area contributed by atoms with Crippen molar-refractivity contribution in [1.82, 2.24) is 4.90 Å². The van der Waals surface area contributed by atoms with Crippen LogP contribution in [-0.2, 0) is 13.2 Å². The molecule has 0 aromatic heterocycles. The highest BCUT2D eigenvalue weighted by Gasteiger charge is 2.39. The molecule has 0 N–H and O–H groups in total. The molecule has 0 saturated carbocycles. The first-order chi connectivity index (χ1) is 27.1. The summed E-state index contributed by atoms with van der Waals surface area (Å²) in [6, 6.07) is 37.2. The first kappa shape index (κ1) is 35.7. The summed E-state index contributed by atoms with van der Waals surface area (Å²) < 4.78 is 12.7. The van der Waals surface area contributed by atoms with Crippen LogP contribution in [-0.4, -0.2) is 35.6 Å². The molecule has 0 unspecified atom stereocenters. The van der Waals surface area contributed by atoms with Crippen LogP contribution in [0, 0.1) is 6.92 Å². The molecule has 2 aliphatic rings. The third kappa shape index (κ3) is 6.47. The molecule has 6 aromatic rings. The van der Waals surface area contributed by atoms with Gasteiger partial charge in [-0.2, -0.15) is 0 Å². The van der Waals surface area contributed by atoms with Gasteiger partial charge in [-0.05, 0) is 99.5 Å². The van der Waals surface area contributed by atoms with E-state index in [0.29, 0.717) is 40.3 Å². The van der Waals surface area contributed by atoms with Crippen LogP contribution in [0.2, 0.25) is 0 Å². The molecule has 0 aliphatic carbocycles. The van der Waals surface area contributed by atoms with Crippen LogP contribution in [0.5, 0.6) is 11.5 Å². The predicted molar refractivity (Wildman–Crippen MR) is 218 cm³/mol. The number of hydrogen-bond acceptors (Lipinski definition) is 6. The molecule has 0 radical (unpaired) electrons. The summed E-state index contributed by atoms with van der Waals surface area (Å²) in [7, 11) is 1.44. The van der Waals surface area contributed by atoms with Crippen molar-refractivity contribution < 1.29 is 28.7 Å². The van der Waals surface area contributed by atoms with Crippen molar-refractivity contribution in [3.8, 4) is 33.8 Å². The van der Waals surface area contributed by atoms with Crippen LogP contribution in [0.15, 0.2) is 134 Å². The van der Waals surface area contributed by atoms with Crippen molar-refractivity contribution in [2.24, 2.45) is 0 Å². The lowest BCUT2D eigenvalue weighted by Crippen LogP contribution is -2.29. The van der Waals surface area contributed by atoms with E-state index in [1.807, 2.05) is 85.8 Å². The molecule has 274 valence electrons. The molecular formula is C48H36N2O6. The van der Waals surface area contributed by atoms with Crippen LogP contribution < -0.4 is 14.4 Å². The molecule has 0 bridgehead atoms. The van der Waals surface area contributed by atoms with Gasteiger partial charge in [-0.1, -0.05) is 104 Å². The van der Waals surface area contributed by atoms with Gasteiger partial charge in [-0.25, -0.2) is 4.90 Å². The molecule has 0 atom stereocenters. The van der Waals surface area contributed by atoms with Gasteiger partial charge in [0.1, 0.15) is 24.7 Å². The minimum absolute atomic E-state index is 0.183. The Labute approximate surface area is 324 Å². The fourth-order valence-electron chi connectivity index (χ4n) is 6.93. The second-order valence-corrected chi connectivity index (χ2v) is 13.8. The average molecular weight is 737 g/mol. The zero-order chi connectivity index (χ0) is 39.1. The van der Waals surface area contributed by atoms with Crippen LogP contribution >= 0.6 is 0 Å². The highest BCUT2D eigenvalue weighted by Crippen LogP contribution is 2.40. The number of aryl methyl sites for hydroxylation is 1. The van der Waals surface area contributed by atoms with Crippen molar-refractivity contribution in [2.45, 2.75) is 20.1 Å². The molecule has 8 heteroatoms. The quantitative estimate of drug-likeness (QED) is 0.123. The van der Waals surface area contributed by atoms with E-state index in [4.69, 9.17) is 9.47 Å². The van der Waals surface area contributed by atoms with Gasteiger partial charge in [-0.15, -0.1) is 0 Å². The number of imide groups is 2. The second-order valence-electron chi connectivity index (χ2n) is 13.8. The number of anilines is 1. The van der Waals surface area contributed by atoms with E-state index in [2.05, 4.69) is 13.2 Å². The number of hydrogen-bond donors (Lipinski definition) is 0. The Morgan fingerprint density at radius 2 is 0.929 bits per heavy atom. The molecule has 56 heavy (non-hydrogen) atoms. The fraction of sp³-hybridized carbons (Fsp3) is 0.0833. The molecular weight excluding hydrogens is 701 g/mol. The lowest BCUT2D eigenvalue weighted by molar-refractivity contribution is 0.0692. The molecule has 0 fully saturated rings. The summed E-state index contributed by atoms with van der Waals surface area (Å²) in [4.78, 5) is 55.6. The second kappa shape index (κ2) is 14.5. The summed E-state index contributed by atoms with van der Waals surface area (Å²) in [5, 5.41) is 0. The third-order valence-electron chi connectivity index (χ3n) is 10.3. The molecule has 6 aromatic carbocycles. The summed E-state index contributed by atoms with van der Waals surface area (Å²) in [5.41, 5.74) is 9.27. The molecule has 0 saturated heterocycles. The smallest absolute Gasteiger partial charge is 0.266 e. The highest BCUT2D eigenvalue weighted by atomic mass is 16.5. The first-order valence-corrected chi connectivity index (χ1v) is 18.1. The Kier molecular flexibility index (Phi) is 9.24. The van der Waals surface area contributed by atoms with Crippen molar-refractivity contribution >= 4 is 41.5 Å². The van der Waals surface area contributed by atoms with Gasteiger partial charge in [-0.3, -0.25) is 24.1 Å². The fourth-order valence-corrected chi connectivity index (χ4v) is 6.93. The number of carbonyl (C=O) groups is 4. The van der Waals surface area contributed by atoms with E-state index in [0.717, 1.165) is 54.5 Å². The zero-order valence-corrected chi connectivity index (χ0v) is 30.9. The highest BCUT2D eigenvalue weighted by molar-refractivity contribution is 6.35. The number of fused-ring (bicyclic) bond motifs is 2. The van der Waals surface area contributed by atoms with Gasteiger partial charge < -0.3 is 9.47 Å². The van der Waals surface area contributed by atoms with E-state index in [-0.39, 0.29) is 29.5 Å². The Bertz CT molecular complexity index is 2620. The third-order valence-corrected chi connectivity index (χ3v) is 10.3. The van der Waals surface area contributed by atoms with Gasteiger partial charge >= 0.3 is 0 Å². The van der Waals surface area contributed by atoms with Crippen LogP contribution in [0.3, 0.4) is 0 Å². The van der Waals surface area contributed by atoms with Crippen molar-refractivity contribution in [3.63, 3.8) is 0 Å². The van der Waals surface area contributed by atoms with Gasteiger partial charge in [0.25, 0.3) is 23.6 Å². The van der Waals surface area contributed by atoms with Crippen LogP contribution in [0.1, 0.15) is 69.2 Å². The summed E-state index contributed by atoms with van der Waals surface area (Å²) >= 11 is 0. The molecule has 2 heterocycles. The number of ether oxygens (including phenoxy) is 2. The normalized spacial score (nSPS) is 13.2. The minimum Gasteiger partial charge on any atom is -0.489 e. The molecule has 2 aliphatic heterocycles. The van der Waals surface area contributed by atoms with E-state index in [1.54, 1.807) is 54.6 Å². The maximum atomic E-state index is 14.2. The Morgan fingerprint density at radius 3 is 1.50 bits per heavy atom. The number of rotatable bonds is 11. The Balaban J connectivity index is 1.12. The molecule has 8 rings (SSSR count). The zero-order valence-electron chi connectivity index (χ0n) is 30.9. The largest absolute Gasteiger partial charge is 0.489 e. The van der Waals surface area contributed by atoms with Gasteiger partial charge in [0.15, 0.2) is 0 Å². The van der Waals surface area contributed by atoms with Crippen molar-refractivity contribution in [2.75, 3.05) is 11.9 Å². The van der Waals surface area contributed by atoms with E-state index >= 15 is 0 Å². The summed E-state index contributed by atoms with van der Waals surface area (Å²) in [6.45, 7) is 10.2. The minimum atomic E-state index is -0.501. The van der Waals surface area contributed by atoms with Crippen molar-refractivity contribution in [3.05, 3.63) is 185 Å². The number of nitrogens with zero attached hydrogens (tertiary/aromatic N) is 2. The standard InChI is InChI=1S/C48H36N2O6/c1-5-30-8-12-32(13-9-30)27-55-43-25-36(16-7-29(43)3)37-19-22-42(44(26-37)56-28-33-14-10-31(6-2)11-15-33)50-47(53)39-21-18-35(24-41(39)48(50)54)34-17-20-38-40(23-34)46(52)49(4)45(38)51/h5-26H,1-2,27-28H2,3-4H3. The number of carbonyl (C=O) groups excluding carboxylic acids is 4.